The minimum absolute atomic E-state index is 0.563. The Morgan fingerprint density at radius 1 is 0.353 bits per heavy atom. The summed E-state index contributed by atoms with van der Waals surface area (Å²) < 4.78 is 10.5. The summed E-state index contributed by atoms with van der Waals surface area (Å²) in [7, 11) is 0. The molecule has 0 fully saturated rings. The first kappa shape index (κ1) is 27.9. The first-order valence-electron chi connectivity index (χ1n) is 17.0. The van der Waals surface area contributed by atoms with Crippen LogP contribution >= 0.6 is 0 Å². The van der Waals surface area contributed by atoms with E-state index in [2.05, 4.69) is 155 Å². The van der Waals surface area contributed by atoms with E-state index in [1.54, 1.807) is 0 Å². The Morgan fingerprint density at radius 3 is 1.31 bits per heavy atom. The number of nitrogens with zero attached hydrogens (tertiary/aromatic N) is 5. The largest absolute Gasteiger partial charge is 0.456 e. The van der Waals surface area contributed by atoms with Gasteiger partial charge in [0.2, 0.25) is 11.9 Å². The lowest BCUT2D eigenvalue weighted by atomic mass is 9.98. The molecule has 11 rings (SSSR count). The van der Waals surface area contributed by atoms with Crippen LogP contribution in [0.15, 0.2) is 168 Å². The fourth-order valence-electron chi connectivity index (χ4n) is 7.77. The monoisotopic (exact) mass is 653 g/mol. The van der Waals surface area contributed by atoms with Gasteiger partial charge in [-0.1, -0.05) is 127 Å². The van der Waals surface area contributed by atoms with Crippen molar-refractivity contribution >= 4 is 65.6 Å². The number of rotatable bonds is 4. The van der Waals surface area contributed by atoms with E-state index in [-0.39, 0.29) is 0 Å². The molecule has 0 aliphatic carbocycles. The van der Waals surface area contributed by atoms with Crippen LogP contribution in [0.1, 0.15) is 0 Å². The minimum Gasteiger partial charge on any atom is -0.456 e. The summed E-state index contributed by atoms with van der Waals surface area (Å²) in [4.78, 5) is 15.7. The highest BCUT2D eigenvalue weighted by molar-refractivity contribution is 6.13. The molecule has 7 aromatic carbocycles. The zero-order valence-electron chi connectivity index (χ0n) is 27.2. The van der Waals surface area contributed by atoms with Crippen molar-refractivity contribution in [1.82, 2.24) is 24.1 Å². The predicted octanol–water partition coefficient (Wildman–Crippen LogP) is 11.3. The number of furan rings is 1. The Hall–Kier alpha value is -7.05. The SMILES string of the molecule is c1ccc2c(c1)oc1cccc(-c3ccc(-c4nc(-n5c6ccccc6c6ccccc65)nc(-n5c6ccccc6c6ccccc65)n4)cc3)c12. The number of para-hydroxylation sites is 5. The molecule has 0 unspecified atom stereocenters. The number of hydrogen-bond donors (Lipinski definition) is 0. The zero-order chi connectivity index (χ0) is 33.5. The van der Waals surface area contributed by atoms with E-state index in [1.807, 2.05) is 18.2 Å². The van der Waals surface area contributed by atoms with Crippen molar-refractivity contribution in [2.45, 2.75) is 0 Å². The third kappa shape index (κ3) is 4.14. The molecule has 0 saturated carbocycles. The van der Waals surface area contributed by atoms with E-state index in [0.29, 0.717) is 17.7 Å². The highest BCUT2D eigenvalue weighted by Gasteiger charge is 2.20. The van der Waals surface area contributed by atoms with E-state index >= 15 is 0 Å². The standard InChI is InChI=1S/C45H27N5O/c1-6-18-36-31(12-1)32-13-2-7-19-37(32)49(36)44-46-43(47-45(48-44)50-38-20-8-3-14-33(38)34-15-4-9-21-39(34)50)29-26-24-28(25-27-29)30-17-11-23-41-42(30)35-16-5-10-22-40(35)51-41/h1-27H. The molecule has 0 spiro atoms. The van der Waals surface area contributed by atoms with Crippen LogP contribution < -0.4 is 0 Å². The Labute approximate surface area is 291 Å². The number of benzene rings is 7. The third-order valence-corrected chi connectivity index (χ3v) is 10.0. The third-order valence-electron chi connectivity index (χ3n) is 10.0. The number of aromatic nitrogens is 5. The fraction of sp³-hybridized carbons (Fsp3) is 0. The number of fused-ring (bicyclic) bond motifs is 9. The highest BCUT2D eigenvalue weighted by atomic mass is 16.3. The van der Waals surface area contributed by atoms with Crippen LogP contribution in [0.4, 0.5) is 0 Å². The maximum absolute atomic E-state index is 6.20. The average molecular weight is 654 g/mol. The molecular weight excluding hydrogens is 627 g/mol. The molecular formula is C45H27N5O. The molecule has 0 N–H and O–H groups in total. The van der Waals surface area contributed by atoms with Gasteiger partial charge in [0.05, 0.1) is 22.1 Å². The smallest absolute Gasteiger partial charge is 0.240 e. The maximum atomic E-state index is 6.20. The van der Waals surface area contributed by atoms with Gasteiger partial charge in [-0.15, -0.1) is 0 Å². The molecule has 4 heterocycles. The van der Waals surface area contributed by atoms with Gasteiger partial charge in [0, 0.05) is 37.9 Å². The summed E-state index contributed by atoms with van der Waals surface area (Å²) in [6, 6.07) is 56.7. The van der Waals surface area contributed by atoms with Gasteiger partial charge in [0.1, 0.15) is 11.2 Å². The van der Waals surface area contributed by atoms with Gasteiger partial charge < -0.3 is 4.42 Å². The summed E-state index contributed by atoms with van der Waals surface area (Å²) in [6.45, 7) is 0. The molecule has 0 amide bonds. The summed E-state index contributed by atoms with van der Waals surface area (Å²) in [5.41, 5.74) is 9.04. The topological polar surface area (TPSA) is 61.7 Å². The second kappa shape index (κ2) is 10.7. The molecule has 6 nitrogen and oxygen atoms in total. The van der Waals surface area contributed by atoms with Gasteiger partial charge >= 0.3 is 0 Å². The van der Waals surface area contributed by atoms with Gasteiger partial charge in [-0.05, 0) is 47.5 Å². The van der Waals surface area contributed by atoms with Crippen LogP contribution in [0.25, 0.3) is 100.0 Å². The molecule has 0 aliphatic rings. The first-order valence-corrected chi connectivity index (χ1v) is 17.0. The summed E-state index contributed by atoms with van der Waals surface area (Å²) >= 11 is 0. The van der Waals surface area contributed by atoms with Crippen molar-refractivity contribution in [3.05, 3.63) is 164 Å². The van der Waals surface area contributed by atoms with E-state index in [1.165, 1.54) is 0 Å². The van der Waals surface area contributed by atoms with Crippen molar-refractivity contribution in [1.29, 1.82) is 0 Å². The summed E-state index contributed by atoms with van der Waals surface area (Å²) in [5.74, 6) is 1.72. The van der Waals surface area contributed by atoms with Crippen LogP contribution in [-0.4, -0.2) is 24.1 Å². The molecule has 4 aromatic heterocycles. The fourth-order valence-corrected chi connectivity index (χ4v) is 7.77. The van der Waals surface area contributed by atoms with Crippen LogP contribution in [0.5, 0.6) is 0 Å². The molecule has 0 aliphatic heterocycles. The second-order valence-electron chi connectivity index (χ2n) is 12.9. The summed E-state index contributed by atoms with van der Waals surface area (Å²) in [6.07, 6.45) is 0. The Balaban J connectivity index is 1.16. The van der Waals surface area contributed by atoms with Crippen molar-refractivity contribution in [3.8, 4) is 34.4 Å². The predicted molar refractivity (Wildman–Crippen MR) is 207 cm³/mol. The Bertz CT molecular complexity index is 2910. The van der Waals surface area contributed by atoms with Crippen molar-refractivity contribution in [2.75, 3.05) is 0 Å². The van der Waals surface area contributed by atoms with E-state index < -0.39 is 0 Å². The summed E-state index contributed by atoms with van der Waals surface area (Å²) in [5, 5.41) is 6.83. The molecule has 0 bridgehead atoms. The molecule has 0 radical (unpaired) electrons. The molecule has 6 heteroatoms. The highest BCUT2D eigenvalue weighted by Crippen LogP contribution is 2.38. The van der Waals surface area contributed by atoms with Crippen LogP contribution in [0.3, 0.4) is 0 Å². The van der Waals surface area contributed by atoms with Crippen molar-refractivity contribution in [3.63, 3.8) is 0 Å². The first-order chi connectivity index (χ1) is 25.3. The van der Waals surface area contributed by atoms with Gasteiger partial charge in [-0.2, -0.15) is 15.0 Å². The molecule has 0 atom stereocenters. The molecule has 0 saturated heterocycles. The van der Waals surface area contributed by atoms with E-state index in [0.717, 1.165) is 82.2 Å². The lowest BCUT2D eigenvalue weighted by molar-refractivity contribution is 0.669. The van der Waals surface area contributed by atoms with E-state index in [9.17, 15) is 0 Å². The quantitative estimate of drug-likeness (QED) is 0.190. The number of hydrogen-bond acceptors (Lipinski definition) is 4. The Morgan fingerprint density at radius 2 is 0.784 bits per heavy atom. The molecule has 11 aromatic rings. The minimum atomic E-state index is 0.563. The second-order valence-corrected chi connectivity index (χ2v) is 12.9. The molecule has 238 valence electrons. The lowest BCUT2D eigenvalue weighted by Crippen LogP contribution is -2.10. The van der Waals surface area contributed by atoms with Gasteiger partial charge in [-0.25, -0.2) is 0 Å². The van der Waals surface area contributed by atoms with Crippen molar-refractivity contribution < 1.29 is 4.42 Å². The average Bonchev–Trinajstić information content (AvgIpc) is 3.86. The van der Waals surface area contributed by atoms with E-state index in [4.69, 9.17) is 19.4 Å². The van der Waals surface area contributed by atoms with Gasteiger partial charge in [0.25, 0.3) is 0 Å². The zero-order valence-corrected chi connectivity index (χ0v) is 27.2. The molecule has 51 heavy (non-hydrogen) atoms. The normalized spacial score (nSPS) is 11.9. The van der Waals surface area contributed by atoms with Crippen molar-refractivity contribution in [2.24, 2.45) is 0 Å². The van der Waals surface area contributed by atoms with Crippen LogP contribution in [0.2, 0.25) is 0 Å². The van der Waals surface area contributed by atoms with Crippen LogP contribution in [-0.2, 0) is 0 Å². The maximum Gasteiger partial charge on any atom is 0.240 e. The van der Waals surface area contributed by atoms with Gasteiger partial charge in [-0.3, -0.25) is 9.13 Å². The Kier molecular flexibility index (Phi) is 5.86. The van der Waals surface area contributed by atoms with Gasteiger partial charge in [0.15, 0.2) is 5.82 Å². The van der Waals surface area contributed by atoms with Crippen LogP contribution in [0, 0.1) is 0 Å². The lowest BCUT2D eigenvalue weighted by Gasteiger charge is -2.13.